The number of amides is 2. The predicted molar refractivity (Wildman–Crippen MR) is 129 cm³/mol. The van der Waals surface area contributed by atoms with E-state index in [0.29, 0.717) is 35.5 Å². The number of ether oxygens (including phenoxy) is 1. The number of hydrogen-bond donors (Lipinski definition) is 1. The minimum absolute atomic E-state index is 0.0757. The molecule has 0 saturated carbocycles. The van der Waals surface area contributed by atoms with E-state index in [9.17, 15) is 19.2 Å². The molecule has 0 unspecified atom stereocenters. The molecule has 2 amide bonds. The summed E-state index contributed by atoms with van der Waals surface area (Å²) in [5.41, 5.74) is 2.25. The molecule has 174 valence electrons. The van der Waals surface area contributed by atoms with Gasteiger partial charge in [0.1, 0.15) is 0 Å². The molecule has 0 radical (unpaired) electrons. The second kappa shape index (κ2) is 11.6. The van der Waals surface area contributed by atoms with Gasteiger partial charge in [0.05, 0.1) is 5.56 Å². The summed E-state index contributed by atoms with van der Waals surface area (Å²) in [5.74, 6) is -1.40. The molecule has 3 rings (SSSR count). The van der Waals surface area contributed by atoms with Gasteiger partial charge in [0.15, 0.2) is 12.4 Å². The Labute approximate surface area is 198 Å². The highest BCUT2D eigenvalue weighted by molar-refractivity contribution is 6.09. The molecule has 7 heteroatoms. The number of carbonyl (C=O) groups excluding carboxylic acids is 4. The molecule has 0 aromatic heterocycles. The molecule has 34 heavy (non-hydrogen) atoms. The second-order valence-corrected chi connectivity index (χ2v) is 7.45. The summed E-state index contributed by atoms with van der Waals surface area (Å²) in [6.07, 6.45) is 0. The Morgan fingerprint density at radius 2 is 1.24 bits per heavy atom. The molecular formula is C27H26N2O5. The van der Waals surface area contributed by atoms with Crippen LogP contribution in [-0.2, 0) is 9.53 Å². The molecular weight excluding hydrogens is 432 g/mol. The van der Waals surface area contributed by atoms with Crippen molar-refractivity contribution in [3.8, 4) is 0 Å². The van der Waals surface area contributed by atoms with Crippen molar-refractivity contribution >= 4 is 29.3 Å². The summed E-state index contributed by atoms with van der Waals surface area (Å²) < 4.78 is 5.07. The van der Waals surface area contributed by atoms with Crippen LogP contribution in [0.4, 0.5) is 5.69 Å². The molecule has 0 spiro atoms. The number of nitrogens with zero attached hydrogens (tertiary/aromatic N) is 1. The van der Waals surface area contributed by atoms with Crippen LogP contribution in [0.25, 0.3) is 0 Å². The van der Waals surface area contributed by atoms with Gasteiger partial charge in [-0.3, -0.25) is 14.4 Å². The Balaban J connectivity index is 1.51. The smallest absolute Gasteiger partial charge is 0.338 e. The number of esters is 1. The number of anilines is 1. The summed E-state index contributed by atoms with van der Waals surface area (Å²) in [7, 11) is 0. The molecule has 0 saturated heterocycles. The Kier molecular flexibility index (Phi) is 8.29. The summed E-state index contributed by atoms with van der Waals surface area (Å²) in [5, 5.41) is 2.63. The van der Waals surface area contributed by atoms with E-state index in [-0.39, 0.29) is 17.3 Å². The average Bonchev–Trinajstić information content (AvgIpc) is 2.88. The monoisotopic (exact) mass is 458 g/mol. The molecule has 0 bridgehead atoms. The molecule has 1 N–H and O–H groups in total. The first-order chi connectivity index (χ1) is 16.4. The molecule has 0 fully saturated rings. The van der Waals surface area contributed by atoms with E-state index in [4.69, 9.17) is 4.74 Å². The number of nitrogens with one attached hydrogen (secondary N) is 1. The number of hydrogen-bond acceptors (Lipinski definition) is 5. The van der Waals surface area contributed by atoms with Crippen molar-refractivity contribution in [2.45, 2.75) is 13.8 Å². The predicted octanol–water partition coefficient (Wildman–Crippen LogP) is 4.20. The van der Waals surface area contributed by atoms with Crippen LogP contribution >= 0.6 is 0 Å². The maximum Gasteiger partial charge on any atom is 0.338 e. The van der Waals surface area contributed by atoms with Gasteiger partial charge in [-0.25, -0.2) is 4.79 Å². The van der Waals surface area contributed by atoms with Crippen LogP contribution in [0.1, 0.15) is 50.5 Å². The fourth-order valence-electron chi connectivity index (χ4n) is 3.31. The summed E-state index contributed by atoms with van der Waals surface area (Å²) in [6.45, 7) is 4.59. The van der Waals surface area contributed by atoms with E-state index in [1.165, 1.54) is 12.1 Å². The van der Waals surface area contributed by atoms with E-state index >= 15 is 0 Å². The fraction of sp³-hybridized carbons (Fsp3) is 0.185. The van der Waals surface area contributed by atoms with Gasteiger partial charge in [-0.15, -0.1) is 0 Å². The molecule has 0 aliphatic rings. The fourth-order valence-corrected chi connectivity index (χ4v) is 3.31. The Hall–Kier alpha value is -4.26. The molecule has 0 atom stereocenters. The van der Waals surface area contributed by atoms with Crippen molar-refractivity contribution in [3.63, 3.8) is 0 Å². The summed E-state index contributed by atoms with van der Waals surface area (Å²) in [6, 6.07) is 21.4. The van der Waals surface area contributed by atoms with Crippen molar-refractivity contribution in [1.82, 2.24) is 4.90 Å². The Morgan fingerprint density at radius 3 is 1.82 bits per heavy atom. The van der Waals surface area contributed by atoms with Crippen LogP contribution < -0.4 is 5.32 Å². The van der Waals surface area contributed by atoms with Gasteiger partial charge in [0.2, 0.25) is 0 Å². The molecule has 0 aliphatic heterocycles. The average molecular weight is 459 g/mol. The number of rotatable bonds is 9. The van der Waals surface area contributed by atoms with Crippen LogP contribution in [-0.4, -0.2) is 48.2 Å². The quantitative estimate of drug-likeness (QED) is 0.383. The van der Waals surface area contributed by atoms with Crippen LogP contribution in [0.2, 0.25) is 0 Å². The molecule has 0 aliphatic carbocycles. The van der Waals surface area contributed by atoms with Crippen LogP contribution in [0, 0.1) is 0 Å². The van der Waals surface area contributed by atoms with Gasteiger partial charge in [0.25, 0.3) is 11.8 Å². The topological polar surface area (TPSA) is 92.8 Å². The van der Waals surface area contributed by atoms with Gasteiger partial charge < -0.3 is 15.0 Å². The maximum atomic E-state index is 12.4. The number of ketones is 1. The lowest BCUT2D eigenvalue weighted by atomic mass is 10.0. The highest BCUT2D eigenvalue weighted by Crippen LogP contribution is 2.13. The highest BCUT2D eigenvalue weighted by atomic mass is 16.5. The summed E-state index contributed by atoms with van der Waals surface area (Å²) >= 11 is 0. The number of benzene rings is 3. The van der Waals surface area contributed by atoms with E-state index in [2.05, 4.69) is 5.32 Å². The lowest BCUT2D eigenvalue weighted by Crippen LogP contribution is -2.30. The first-order valence-corrected chi connectivity index (χ1v) is 11.0. The third-order valence-electron chi connectivity index (χ3n) is 5.22. The van der Waals surface area contributed by atoms with Gasteiger partial charge in [-0.05, 0) is 50.2 Å². The van der Waals surface area contributed by atoms with Crippen molar-refractivity contribution < 1.29 is 23.9 Å². The van der Waals surface area contributed by atoms with E-state index in [1.54, 1.807) is 65.6 Å². The minimum atomic E-state index is -0.672. The van der Waals surface area contributed by atoms with Crippen molar-refractivity contribution in [3.05, 3.63) is 101 Å². The third-order valence-corrected chi connectivity index (χ3v) is 5.22. The zero-order valence-corrected chi connectivity index (χ0v) is 19.1. The molecule has 3 aromatic carbocycles. The van der Waals surface area contributed by atoms with Crippen LogP contribution in [0.15, 0.2) is 78.9 Å². The Bertz CT molecular complexity index is 1150. The van der Waals surface area contributed by atoms with E-state index in [0.717, 1.165) is 0 Å². The number of carbonyl (C=O) groups is 4. The summed E-state index contributed by atoms with van der Waals surface area (Å²) in [4.78, 5) is 50.9. The minimum Gasteiger partial charge on any atom is -0.452 e. The lowest BCUT2D eigenvalue weighted by Gasteiger charge is -2.18. The molecule has 7 nitrogen and oxygen atoms in total. The first-order valence-electron chi connectivity index (χ1n) is 11.0. The van der Waals surface area contributed by atoms with Crippen LogP contribution in [0.5, 0.6) is 0 Å². The van der Waals surface area contributed by atoms with E-state index < -0.39 is 18.5 Å². The van der Waals surface area contributed by atoms with Crippen LogP contribution in [0.3, 0.4) is 0 Å². The van der Waals surface area contributed by atoms with Gasteiger partial charge in [-0.1, -0.05) is 42.5 Å². The van der Waals surface area contributed by atoms with Crippen molar-refractivity contribution in [2.75, 3.05) is 25.0 Å². The molecule has 3 aromatic rings. The maximum absolute atomic E-state index is 12.4. The van der Waals surface area contributed by atoms with Gasteiger partial charge in [-0.2, -0.15) is 0 Å². The first kappa shape index (κ1) is 24.4. The SMILES string of the molecule is CCN(CC)C(=O)c1ccc(NC(=O)COC(=O)c2ccc(C(=O)c3ccccc3)cc2)cc1. The second-order valence-electron chi connectivity index (χ2n) is 7.45. The zero-order chi connectivity index (χ0) is 24.5. The van der Waals surface area contributed by atoms with E-state index in [1.807, 2.05) is 19.9 Å². The lowest BCUT2D eigenvalue weighted by molar-refractivity contribution is -0.119. The Morgan fingerprint density at radius 1 is 0.706 bits per heavy atom. The largest absolute Gasteiger partial charge is 0.452 e. The highest BCUT2D eigenvalue weighted by Gasteiger charge is 2.14. The van der Waals surface area contributed by atoms with Gasteiger partial charge >= 0.3 is 5.97 Å². The molecule has 0 heterocycles. The van der Waals surface area contributed by atoms with Crippen molar-refractivity contribution in [1.29, 1.82) is 0 Å². The zero-order valence-electron chi connectivity index (χ0n) is 19.1. The third kappa shape index (κ3) is 6.16. The normalized spacial score (nSPS) is 10.3. The van der Waals surface area contributed by atoms with Crippen molar-refractivity contribution in [2.24, 2.45) is 0 Å². The van der Waals surface area contributed by atoms with Gasteiger partial charge in [0, 0.05) is 35.5 Å². The standard InChI is InChI=1S/C27H26N2O5/c1-3-29(4-2)26(32)21-14-16-23(17-15-21)28-24(30)18-34-27(33)22-12-10-20(11-13-22)25(31)19-8-6-5-7-9-19/h5-17H,3-4,18H2,1-2H3,(H,28,30).